The van der Waals surface area contributed by atoms with Gasteiger partial charge in [0, 0.05) is 4.47 Å². The number of rotatable bonds is 4. The molecule has 98 valence electrons. The summed E-state index contributed by atoms with van der Waals surface area (Å²) in [4.78, 5) is 15.2. The number of carbonyl (C=O) groups is 1. The number of halogens is 2. The molecule has 2 aromatic rings. The van der Waals surface area contributed by atoms with Crippen molar-refractivity contribution in [3.63, 3.8) is 0 Å². The first-order chi connectivity index (χ1) is 9.06. The highest BCUT2D eigenvalue weighted by Crippen LogP contribution is 2.16. The molecular formula is C14H11BrClNO2. The average molecular weight is 341 g/mol. The molecular weight excluding hydrogens is 330 g/mol. The zero-order valence-electron chi connectivity index (χ0n) is 9.94. The van der Waals surface area contributed by atoms with Crippen LogP contribution in [0.4, 0.5) is 0 Å². The van der Waals surface area contributed by atoms with E-state index in [0.717, 1.165) is 16.5 Å². The van der Waals surface area contributed by atoms with E-state index in [4.69, 9.17) is 16.7 Å². The van der Waals surface area contributed by atoms with E-state index in [1.165, 1.54) is 12.1 Å². The molecule has 0 unspecified atom stereocenters. The van der Waals surface area contributed by atoms with E-state index in [-0.39, 0.29) is 5.56 Å². The summed E-state index contributed by atoms with van der Waals surface area (Å²) in [5.74, 6) is -0.977. The van der Waals surface area contributed by atoms with E-state index in [0.29, 0.717) is 17.3 Å². The number of nitrogens with zero attached hydrogens (tertiary/aromatic N) is 1. The van der Waals surface area contributed by atoms with Crippen LogP contribution in [0.1, 0.15) is 21.6 Å². The van der Waals surface area contributed by atoms with Gasteiger partial charge in [-0.15, -0.1) is 0 Å². The summed E-state index contributed by atoms with van der Waals surface area (Å²) in [5.41, 5.74) is 1.85. The van der Waals surface area contributed by atoms with Crippen molar-refractivity contribution in [2.45, 2.75) is 12.8 Å². The Kier molecular flexibility index (Phi) is 4.56. The number of hydrogen-bond acceptors (Lipinski definition) is 2. The molecule has 0 radical (unpaired) electrons. The molecule has 0 atom stereocenters. The number of aromatic nitrogens is 1. The van der Waals surface area contributed by atoms with Crippen LogP contribution >= 0.6 is 27.5 Å². The quantitative estimate of drug-likeness (QED) is 0.856. The third-order valence-electron chi connectivity index (χ3n) is 2.73. The maximum atomic E-state index is 11.1. The second-order valence-electron chi connectivity index (χ2n) is 4.06. The number of pyridine rings is 1. The van der Waals surface area contributed by atoms with Gasteiger partial charge < -0.3 is 5.11 Å². The molecule has 1 N–H and O–H groups in total. The Morgan fingerprint density at radius 3 is 2.47 bits per heavy atom. The van der Waals surface area contributed by atoms with Gasteiger partial charge in [0.2, 0.25) is 0 Å². The van der Waals surface area contributed by atoms with Gasteiger partial charge >= 0.3 is 5.97 Å². The van der Waals surface area contributed by atoms with Crippen LogP contribution < -0.4 is 0 Å². The highest BCUT2D eigenvalue weighted by molar-refractivity contribution is 9.10. The van der Waals surface area contributed by atoms with Crippen molar-refractivity contribution in [3.8, 4) is 0 Å². The van der Waals surface area contributed by atoms with Gasteiger partial charge in [-0.05, 0) is 42.7 Å². The first kappa shape index (κ1) is 14.0. The van der Waals surface area contributed by atoms with E-state index in [2.05, 4.69) is 20.9 Å². The predicted octanol–water partition coefficient (Wildman–Crippen LogP) is 3.98. The molecule has 0 saturated heterocycles. The lowest BCUT2D eigenvalue weighted by Gasteiger charge is -2.06. The number of benzene rings is 1. The van der Waals surface area contributed by atoms with Crippen LogP contribution in [-0.4, -0.2) is 16.1 Å². The molecule has 0 aliphatic rings. The summed E-state index contributed by atoms with van der Waals surface area (Å²) in [6.07, 6.45) is 1.27. The fourth-order valence-electron chi connectivity index (χ4n) is 1.77. The molecule has 0 aliphatic heterocycles. The maximum Gasteiger partial charge on any atom is 0.337 e. The summed E-state index contributed by atoms with van der Waals surface area (Å²) in [6.45, 7) is 0. The third-order valence-corrected chi connectivity index (χ3v) is 3.47. The zero-order valence-corrected chi connectivity index (χ0v) is 12.3. The second kappa shape index (κ2) is 6.17. The number of hydrogen-bond donors (Lipinski definition) is 1. The Hall–Kier alpha value is -1.39. The highest BCUT2D eigenvalue weighted by atomic mass is 79.9. The van der Waals surface area contributed by atoms with Gasteiger partial charge in [0.15, 0.2) is 0 Å². The minimum atomic E-state index is -0.977. The van der Waals surface area contributed by atoms with Crippen molar-refractivity contribution in [1.29, 1.82) is 0 Å². The lowest BCUT2D eigenvalue weighted by Crippen LogP contribution is -2.06. The van der Waals surface area contributed by atoms with Crippen molar-refractivity contribution < 1.29 is 9.90 Å². The summed E-state index contributed by atoms with van der Waals surface area (Å²) in [6, 6.07) is 10.9. The van der Waals surface area contributed by atoms with E-state index in [1.807, 2.05) is 24.3 Å². The van der Waals surface area contributed by atoms with Gasteiger partial charge in [0.05, 0.1) is 11.3 Å². The summed E-state index contributed by atoms with van der Waals surface area (Å²) >= 11 is 9.19. The molecule has 0 aliphatic carbocycles. The molecule has 3 nitrogen and oxygen atoms in total. The molecule has 0 amide bonds. The molecule has 0 fully saturated rings. The first-order valence-electron chi connectivity index (χ1n) is 5.69. The number of carboxylic acids is 1. The van der Waals surface area contributed by atoms with Crippen LogP contribution in [0.25, 0.3) is 0 Å². The standard InChI is InChI=1S/C14H11BrClNO2/c15-10-4-1-9(2-5-10)3-7-12-11(14(18)19)6-8-13(16)17-12/h1-2,4-6,8H,3,7H2,(H,18,19). The van der Waals surface area contributed by atoms with Crippen molar-refractivity contribution in [2.75, 3.05) is 0 Å². The van der Waals surface area contributed by atoms with E-state index in [9.17, 15) is 4.79 Å². The van der Waals surface area contributed by atoms with Gasteiger partial charge in [-0.2, -0.15) is 0 Å². The highest BCUT2D eigenvalue weighted by Gasteiger charge is 2.11. The summed E-state index contributed by atoms with van der Waals surface area (Å²) in [5, 5.41) is 9.42. The van der Waals surface area contributed by atoms with Gasteiger partial charge in [-0.25, -0.2) is 9.78 Å². The smallest absolute Gasteiger partial charge is 0.337 e. The van der Waals surface area contributed by atoms with Crippen LogP contribution in [0.3, 0.4) is 0 Å². The molecule has 0 spiro atoms. The topological polar surface area (TPSA) is 50.2 Å². The molecule has 0 saturated carbocycles. The van der Waals surface area contributed by atoms with Crippen molar-refractivity contribution >= 4 is 33.5 Å². The molecule has 2 rings (SSSR count). The van der Waals surface area contributed by atoms with Crippen LogP contribution in [0.15, 0.2) is 40.9 Å². The van der Waals surface area contributed by atoms with E-state index < -0.39 is 5.97 Å². The fourth-order valence-corrected chi connectivity index (χ4v) is 2.20. The fraction of sp³-hybridized carbons (Fsp3) is 0.143. The summed E-state index contributed by atoms with van der Waals surface area (Å²) in [7, 11) is 0. The Labute approximate surface area is 124 Å². The minimum Gasteiger partial charge on any atom is -0.478 e. The Balaban J connectivity index is 2.16. The minimum absolute atomic E-state index is 0.210. The average Bonchev–Trinajstić information content (AvgIpc) is 2.38. The second-order valence-corrected chi connectivity index (χ2v) is 5.36. The SMILES string of the molecule is O=C(O)c1ccc(Cl)nc1CCc1ccc(Br)cc1. The Morgan fingerprint density at radius 1 is 1.16 bits per heavy atom. The number of aryl methyl sites for hydroxylation is 2. The molecule has 1 aromatic carbocycles. The predicted molar refractivity (Wildman–Crippen MR) is 77.8 cm³/mol. The van der Waals surface area contributed by atoms with Crippen LogP contribution in [0.5, 0.6) is 0 Å². The lowest BCUT2D eigenvalue weighted by atomic mass is 10.0. The van der Waals surface area contributed by atoms with Crippen molar-refractivity contribution in [1.82, 2.24) is 4.98 Å². The normalized spacial score (nSPS) is 10.4. The van der Waals surface area contributed by atoms with E-state index in [1.54, 1.807) is 0 Å². The molecule has 1 heterocycles. The molecule has 1 aromatic heterocycles. The first-order valence-corrected chi connectivity index (χ1v) is 6.86. The largest absolute Gasteiger partial charge is 0.478 e. The molecule has 0 bridgehead atoms. The summed E-state index contributed by atoms with van der Waals surface area (Å²) < 4.78 is 1.02. The van der Waals surface area contributed by atoms with Crippen molar-refractivity contribution in [2.24, 2.45) is 0 Å². The van der Waals surface area contributed by atoms with E-state index >= 15 is 0 Å². The van der Waals surface area contributed by atoms with Crippen LogP contribution in [0, 0.1) is 0 Å². The molecule has 5 heteroatoms. The van der Waals surface area contributed by atoms with Crippen molar-refractivity contribution in [3.05, 3.63) is 62.8 Å². The number of aromatic carboxylic acids is 1. The lowest BCUT2D eigenvalue weighted by molar-refractivity contribution is 0.0695. The molecule has 19 heavy (non-hydrogen) atoms. The third kappa shape index (κ3) is 3.78. The van der Waals surface area contributed by atoms with Crippen LogP contribution in [-0.2, 0) is 12.8 Å². The Morgan fingerprint density at radius 2 is 1.84 bits per heavy atom. The zero-order chi connectivity index (χ0) is 13.8. The van der Waals surface area contributed by atoms with Gasteiger partial charge in [0.1, 0.15) is 5.15 Å². The van der Waals surface area contributed by atoms with Gasteiger partial charge in [-0.3, -0.25) is 0 Å². The monoisotopic (exact) mass is 339 g/mol. The number of carboxylic acid groups (broad SMARTS) is 1. The van der Waals surface area contributed by atoms with Gasteiger partial charge in [0.25, 0.3) is 0 Å². The van der Waals surface area contributed by atoms with Gasteiger partial charge in [-0.1, -0.05) is 39.7 Å². The van der Waals surface area contributed by atoms with Crippen LogP contribution in [0.2, 0.25) is 5.15 Å². The maximum absolute atomic E-state index is 11.1. The Bertz CT molecular complexity index is 599.